The third-order valence-corrected chi connectivity index (χ3v) is 2.22. The van der Waals surface area contributed by atoms with E-state index in [1.165, 1.54) is 18.3 Å². The van der Waals surface area contributed by atoms with Crippen LogP contribution in [0, 0.1) is 0 Å². The summed E-state index contributed by atoms with van der Waals surface area (Å²) in [4.78, 5) is 21.9. The Labute approximate surface area is 106 Å². The number of carbonyl (C=O) groups is 1. The van der Waals surface area contributed by atoms with Gasteiger partial charge in [-0.2, -0.15) is 0 Å². The summed E-state index contributed by atoms with van der Waals surface area (Å²) in [7, 11) is 0. The first kappa shape index (κ1) is 11.7. The Bertz CT molecular complexity index is 548. The first-order chi connectivity index (χ1) is 8.04. The van der Waals surface area contributed by atoms with Crippen molar-refractivity contribution >= 4 is 40.6 Å². The average Bonchev–Trinajstić information content (AvgIpc) is 2.63. The molecule has 2 aromatic rings. The van der Waals surface area contributed by atoms with E-state index < -0.39 is 5.91 Å². The molecule has 0 saturated carbocycles. The minimum atomic E-state index is -0.396. The number of H-pyrrole nitrogens is 1. The number of aromatic nitrogens is 3. The number of hydrogen-bond donors (Lipinski definition) is 3. The van der Waals surface area contributed by atoms with Gasteiger partial charge in [-0.25, -0.2) is 9.97 Å². The molecule has 0 bridgehead atoms. The number of nitrogens with one attached hydrogen (secondary N) is 2. The van der Waals surface area contributed by atoms with E-state index in [0.29, 0.717) is 11.4 Å². The second-order valence-corrected chi connectivity index (χ2v) is 3.87. The van der Waals surface area contributed by atoms with Crippen LogP contribution in [0.15, 0.2) is 18.3 Å². The minimum absolute atomic E-state index is 0.0428. The SMILES string of the molecule is Nc1c[nH]c(C(=O)Nc2cc(Cl)nc(Cl)n2)c1. The fourth-order valence-corrected chi connectivity index (χ4v) is 1.59. The monoisotopic (exact) mass is 271 g/mol. The maximum absolute atomic E-state index is 11.7. The number of anilines is 2. The van der Waals surface area contributed by atoms with Gasteiger partial charge in [0, 0.05) is 18.0 Å². The van der Waals surface area contributed by atoms with E-state index in [2.05, 4.69) is 20.3 Å². The molecule has 4 N–H and O–H groups in total. The number of nitrogen functional groups attached to an aromatic ring is 1. The Balaban J connectivity index is 2.18. The van der Waals surface area contributed by atoms with Crippen LogP contribution in [0.5, 0.6) is 0 Å². The van der Waals surface area contributed by atoms with Crippen LogP contribution in [0.4, 0.5) is 11.5 Å². The van der Waals surface area contributed by atoms with E-state index in [1.807, 2.05) is 0 Å². The fraction of sp³-hybridized carbons (Fsp3) is 0. The highest BCUT2D eigenvalue weighted by atomic mass is 35.5. The number of aromatic amines is 1. The van der Waals surface area contributed by atoms with E-state index in [4.69, 9.17) is 28.9 Å². The second-order valence-electron chi connectivity index (χ2n) is 3.15. The zero-order chi connectivity index (χ0) is 12.4. The van der Waals surface area contributed by atoms with Gasteiger partial charge in [-0.05, 0) is 17.7 Å². The molecule has 0 aliphatic carbocycles. The molecule has 8 heteroatoms. The average molecular weight is 272 g/mol. The lowest BCUT2D eigenvalue weighted by molar-refractivity contribution is 0.102. The molecule has 0 unspecified atom stereocenters. The Hall–Kier alpha value is -1.79. The number of carbonyl (C=O) groups excluding carboxylic acids is 1. The summed E-state index contributed by atoms with van der Waals surface area (Å²) in [6, 6.07) is 2.89. The molecule has 2 rings (SSSR count). The summed E-state index contributed by atoms with van der Waals surface area (Å²) in [5, 5.41) is 2.61. The predicted octanol–water partition coefficient (Wildman–Crippen LogP) is 1.95. The number of nitrogens with two attached hydrogens (primary N) is 1. The van der Waals surface area contributed by atoms with Gasteiger partial charge in [0.15, 0.2) is 0 Å². The van der Waals surface area contributed by atoms with E-state index in [9.17, 15) is 4.79 Å². The van der Waals surface area contributed by atoms with Gasteiger partial charge in [0.1, 0.15) is 16.7 Å². The lowest BCUT2D eigenvalue weighted by atomic mass is 10.4. The van der Waals surface area contributed by atoms with Gasteiger partial charge >= 0.3 is 0 Å². The molecule has 2 heterocycles. The first-order valence-electron chi connectivity index (χ1n) is 4.50. The van der Waals surface area contributed by atoms with Crippen LogP contribution in [0.25, 0.3) is 0 Å². The highest BCUT2D eigenvalue weighted by Gasteiger charge is 2.10. The summed E-state index contributed by atoms with van der Waals surface area (Å²) in [6.07, 6.45) is 1.51. The lowest BCUT2D eigenvalue weighted by Gasteiger charge is -2.03. The molecule has 1 amide bonds. The van der Waals surface area contributed by atoms with Crippen molar-refractivity contribution in [3.8, 4) is 0 Å². The number of amides is 1. The molecular weight excluding hydrogens is 265 g/mol. The van der Waals surface area contributed by atoms with Gasteiger partial charge in [0.25, 0.3) is 5.91 Å². The predicted molar refractivity (Wildman–Crippen MR) is 65.2 cm³/mol. The van der Waals surface area contributed by atoms with Crippen LogP contribution in [-0.4, -0.2) is 20.9 Å². The normalized spacial score (nSPS) is 10.2. The molecule has 0 aromatic carbocycles. The van der Waals surface area contributed by atoms with Crippen LogP contribution in [0.2, 0.25) is 10.4 Å². The van der Waals surface area contributed by atoms with Gasteiger partial charge in [-0.3, -0.25) is 4.79 Å². The highest BCUT2D eigenvalue weighted by Crippen LogP contribution is 2.15. The van der Waals surface area contributed by atoms with Crippen molar-refractivity contribution in [3.63, 3.8) is 0 Å². The third-order valence-electron chi connectivity index (χ3n) is 1.86. The van der Waals surface area contributed by atoms with Crippen molar-refractivity contribution in [1.82, 2.24) is 15.0 Å². The zero-order valence-electron chi connectivity index (χ0n) is 8.37. The molecule has 0 saturated heterocycles. The van der Waals surface area contributed by atoms with Gasteiger partial charge in [-0.15, -0.1) is 0 Å². The number of nitrogens with zero attached hydrogens (tertiary/aromatic N) is 2. The van der Waals surface area contributed by atoms with Crippen LogP contribution in [-0.2, 0) is 0 Å². The van der Waals surface area contributed by atoms with Crippen LogP contribution in [0.1, 0.15) is 10.5 Å². The van der Waals surface area contributed by atoms with E-state index in [-0.39, 0.29) is 16.3 Å². The first-order valence-corrected chi connectivity index (χ1v) is 5.25. The fourth-order valence-electron chi connectivity index (χ4n) is 1.18. The summed E-state index contributed by atoms with van der Waals surface area (Å²) < 4.78 is 0. The maximum Gasteiger partial charge on any atom is 0.273 e. The summed E-state index contributed by atoms with van der Waals surface area (Å²) in [5.74, 6) is -0.180. The standard InChI is InChI=1S/C9H7Cl2N5O/c10-6-2-7(16-9(11)14-6)15-8(17)5-1-4(12)3-13-5/h1-3,13H,12H2,(H,14,15,16,17). The van der Waals surface area contributed by atoms with Gasteiger partial charge in [0.05, 0.1) is 0 Å². The Kier molecular flexibility index (Phi) is 3.16. The Morgan fingerprint density at radius 3 is 2.71 bits per heavy atom. The molecule has 0 aliphatic rings. The van der Waals surface area contributed by atoms with E-state index in [1.54, 1.807) is 0 Å². The second kappa shape index (κ2) is 4.60. The molecular formula is C9H7Cl2N5O. The van der Waals surface area contributed by atoms with E-state index >= 15 is 0 Å². The lowest BCUT2D eigenvalue weighted by Crippen LogP contribution is -2.13. The molecule has 0 aliphatic heterocycles. The Morgan fingerprint density at radius 1 is 1.35 bits per heavy atom. The number of rotatable bonds is 2. The highest BCUT2D eigenvalue weighted by molar-refractivity contribution is 6.32. The molecule has 0 spiro atoms. The van der Waals surface area contributed by atoms with Gasteiger partial charge in [0.2, 0.25) is 5.28 Å². The maximum atomic E-state index is 11.7. The van der Waals surface area contributed by atoms with E-state index in [0.717, 1.165) is 0 Å². The largest absolute Gasteiger partial charge is 0.397 e. The number of halogens is 2. The minimum Gasteiger partial charge on any atom is -0.397 e. The summed E-state index contributed by atoms with van der Waals surface area (Å²) in [6.45, 7) is 0. The molecule has 88 valence electrons. The number of hydrogen-bond acceptors (Lipinski definition) is 4. The topological polar surface area (TPSA) is 96.7 Å². The molecule has 6 nitrogen and oxygen atoms in total. The smallest absolute Gasteiger partial charge is 0.273 e. The Morgan fingerprint density at radius 2 is 2.12 bits per heavy atom. The summed E-state index contributed by atoms with van der Waals surface area (Å²) >= 11 is 11.3. The van der Waals surface area contributed by atoms with Crippen molar-refractivity contribution < 1.29 is 4.79 Å². The van der Waals surface area contributed by atoms with Crippen molar-refractivity contribution in [2.24, 2.45) is 0 Å². The van der Waals surface area contributed by atoms with Crippen molar-refractivity contribution in [1.29, 1.82) is 0 Å². The zero-order valence-corrected chi connectivity index (χ0v) is 9.88. The molecule has 0 fully saturated rings. The quantitative estimate of drug-likeness (QED) is 0.575. The van der Waals surface area contributed by atoms with Crippen molar-refractivity contribution in [3.05, 3.63) is 34.5 Å². The summed E-state index contributed by atoms with van der Waals surface area (Å²) in [5.41, 5.74) is 6.26. The molecule has 17 heavy (non-hydrogen) atoms. The third kappa shape index (κ3) is 2.86. The molecule has 0 atom stereocenters. The van der Waals surface area contributed by atoms with Crippen molar-refractivity contribution in [2.75, 3.05) is 11.1 Å². The molecule has 2 aromatic heterocycles. The van der Waals surface area contributed by atoms with Crippen LogP contribution >= 0.6 is 23.2 Å². The van der Waals surface area contributed by atoms with Crippen molar-refractivity contribution in [2.45, 2.75) is 0 Å². The van der Waals surface area contributed by atoms with Crippen LogP contribution in [0.3, 0.4) is 0 Å². The molecule has 0 radical (unpaired) electrons. The van der Waals surface area contributed by atoms with Gasteiger partial charge < -0.3 is 16.0 Å². The van der Waals surface area contributed by atoms with Crippen LogP contribution < -0.4 is 11.1 Å². The van der Waals surface area contributed by atoms with Gasteiger partial charge in [-0.1, -0.05) is 11.6 Å².